The van der Waals surface area contributed by atoms with Crippen LogP contribution < -0.4 is 4.74 Å². The number of amides is 1. The first-order valence-electron chi connectivity index (χ1n) is 6.74. The second kappa shape index (κ2) is 7.20. The molecule has 0 aliphatic rings. The first-order chi connectivity index (χ1) is 10.2. The highest BCUT2D eigenvalue weighted by Gasteiger charge is 2.34. The number of aliphatic carboxylic acids is 1. The number of hydrogen-bond acceptors (Lipinski definition) is 3. The van der Waals surface area contributed by atoms with E-state index in [2.05, 4.69) is 0 Å². The zero-order valence-corrected chi connectivity index (χ0v) is 12.7. The number of hydrogen-bond donors (Lipinski definition) is 1. The van der Waals surface area contributed by atoms with Gasteiger partial charge in [-0.2, -0.15) is 0 Å². The molecule has 0 saturated heterocycles. The van der Waals surface area contributed by atoms with Gasteiger partial charge in [0, 0.05) is 19.5 Å². The summed E-state index contributed by atoms with van der Waals surface area (Å²) in [5.74, 6) is -3.05. The van der Waals surface area contributed by atoms with Crippen molar-refractivity contribution >= 4 is 11.9 Å². The molecular weight excluding hydrogens is 296 g/mol. The highest BCUT2D eigenvalue weighted by Crippen LogP contribution is 2.18. The van der Waals surface area contributed by atoms with Crippen LogP contribution in [-0.2, 0) is 9.59 Å². The summed E-state index contributed by atoms with van der Waals surface area (Å²) in [7, 11) is 1.41. The number of carbonyl (C=O) groups is 2. The van der Waals surface area contributed by atoms with Gasteiger partial charge in [-0.05, 0) is 32.4 Å². The molecule has 1 rings (SSSR count). The summed E-state index contributed by atoms with van der Waals surface area (Å²) in [5, 5.41) is 9.04. The van der Waals surface area contributed by atoms with Gasteiger partial charge in [0.2, 0.25) is 5.91 Å². The third-order valence-corrected chi connectivity index (χ3v) is 3.42. The summed E-state index contributed by atoms with van der Waals surface area (Å²) < 4.78 is 31.1. The van der Waals surface area contributed by atoms with Crippen molar-refractivity contribution in [1.82, 2.24) is 4.90 Å². The van der Waals surface area contributed by atoms with Crippen LogP contribution in [0.15, 0.2) is 18.2 Å². The molecule has 0 aliphatic heterocycles. The minimum absolute atomic E-state index is 0.0651. The molecule has 0 atom stereocenters. The summed E-state index contributed by atoms with van der Waals surface area (Å²) in [5.41, 5.74) is -1.30. The first-order valence-corrected chi connectivity index (χ1v) is 6.74. The molecule has 0 heterocycles. The summed E-state index contributed by atoms with van der Waals surface area (Å²) in [6.45, 7) is 2.92. The predicted octanol–water partition coefficient (Wildman–Crippen LogP) is 2.45. The van der Waals surface area contributed by atoms with Gasteiger partial charge in [-0.25, -0.2) is 13.6 Å². The number of rotatable bonds is 7. The van der Waals surface area contributed by atoms with E-state index in [4.69, 9.17) is 9.84 Å². The Kier molecular flexibility index (Phi) is 5.84. The molecule has 5 nitrogen and oxygen atoms in total. The van der Waals surface area contributed by atoms with E-state index < -0.39 is 23.1 Å². The lowest BCUT2D eigenvalue weighted by Gasteiger charge is -2.31. The van der Waals surface area contributed by atoms with Crippen molar-refractivity contribution in [3.05, 3.63) is 29.8 Å². The zero-order chi connectivity index (χ0) is 16.9. The fourth-order valence-corrected chi connectivity index (χ4v) is 1.62. The largest absolute Gasteiger partial charge is 0.491 e. The van der Waals surface area contributed by atoms with Crippen LogP contribution in [0.3, 0.4) is 0 Å². The van der Waals surface area contributed by atoms with Gasteiger partial charge in [-0.15, -0.1) is 0 Å². The van der Waals surface area contributed by atoms with Crippen LogP contribution in [-0.4, -0.2) is 41.1 Å². The average Bonchev–Trinajstić information content (AvgIpc) is 2.44. The lowest BCUT2D eigenvalue weighted by Crippen LogP contribution is -2.50. The molecule has 0 radical (unpaired) electrons. The van der Waals surface area contributed by atoms with Crippen molar-refractivity contribution in [2.75, 3.05) is 13.7 Å². The van der Waals surface area contributed by atoms with Crippen molar-refractivity contribution in [3.63, 3.8) is 0 Å². The fourth-order valence-electron chi connectivity index (χ4n) is 1.62. The van der Waals surface area contributed by atoms with Gasteiger partial charge in [-0.1, -0.05) is 0 Å². The summed E-state index contributed by atoms with van der Waals surface area (Å²) in [6, 6.07) is 2.96. The van der Waals surface area contributed by atoms with Gasteiger partial charge < -0.3 is 14.7 Å². The molecule has 0 aliphatic carbocycles. The highest BCUT2D eigenvalue weighted by atomic mass is 19.1. The molecule has 0 unspecified atom stereocenters. The second-order valence-electron chi connectivity index (χ2n) is 5.34. The molecule has 0 aromatic heterocycles. The van der Waals surface area contributed by atoms with Crippen LogP contribution in [0.2, 0.25) is 0 Å². The quantitative estimate of drug-likeness (QED) is 0.785. The highest BCUT2D eigenvalue weighted by molar-refractivity contribution is 5.86. The molecule has 0 saturated carbocycles. The van der Waals surface area contributed by atoms with E-state index in [0.717, 1.165) is 11.0 Å². The number of nitrogens with zero attached hydrogens (tertiary/aromatic N) is 1. The van der Waals surface area contributed by atoms with Crippen molar-refractivity contribution < 1.29 is 28.2 Å². The second-order valence-corrected chi connectivity index (χ2v) is 5.34. The fraction of sp³-hybridized carbons (Fsp3) is 0.467. The van der Waals surface area contributed by atoms with Gasteiger partial charge >= 0.3 is 5.97 Å². The van der Waals surface area contributed by atoms with Gasteiger partial charge in [-0.3, -0.25) is 4.79 Å². The Morgan fingerprint density at radius 3 is 2.50 bits per heavy atom. The molecule has 7 heteroatoms. The molecule has 0 bridgehead atoms. The minimum Gasteiger partial charge on any atom is -0.491 e. The maximum absolute atomic E-state index is 13.3. The van der Waals surface area contributed by atoms with Crippen LogP contribution in [0.25, 0.3) is 0 Å². The number of carboxylic acids is 1. The molecule has 0 fully saturated rings. The topological polar surface area (TPSA) is 66.8 Å². The van der Waals surface area contributed by atoms with Gasteiger partial charge in [0.05, 0.1) is 6.61 Å². The maximum Gasteiger partial charge on any atom is 0.329 e. The van der Waals surface area contributed by atoms with Crippen LogP contribution in [0.5, 0.6) is 5.75 Å². The maximum atomic E-state index is 13.3. The van der Waals surface area contributed by atoms with E-state index in [1.807, 2.05) is 0 Å². The Labute approximate surface area is 127 Å². The molecule has 1 aromatic carbocycles. The molecule has 1 aromatic rings. The van der Waals surface area contributed by atoms with E-state index in [9.17, 15) is 18.4 Å². The third-order valence-electron chi connectivity index (χ3n) is 3.42. The summed E-state index contributed by atoms with van der Waals surface area (Å²) in [6.07, 6.45) is 0.353. The Balaban J connectivity index is 2.44. The van der Waals surface area contributed by atoms with Crippen molar-refractivity contribution in [3.8, 4) is 5.75 Å². The predicted molar refractivity (Wildman–Crippen MR) is 75.6 cm³/mol. The van der Waals surface area contributed by atoms with E-state index in [1.54, 1.807) is 0 Å². The van der Waals surface area contributed by atoms with E-state index in [0.29, 0.717) is 6.07 Å². The number of ether oxygens (including phenoxy) is 1. The number of benzene rings is 1. The number of halogens is 2. The van der Waals surface area contributed by atoms with E-state index >= 15 is 0 Å². The van der Waals surface area contributed by atoms with Gasteiger partial charge in [0.25, 0.3) is 0 Å². The monoisotopic (exact) mass is 315 g/mol. The average molecular weight is 315 g/mol. The number of carbonyl (C=O) groups excluding carboxylic acids is 1. The van der Waals surface area contributed by atoms with Gasteiger partial charge in [0.15, 0.2) is 11.6 Å². The molecule has 1 N–H and O–H groups in total. The summed E-state index contributed by atoms with van der Waals surface area (Å²) in [4.78, 5) is 24.1. The Morgan fingerprint density at radius 2 is 1.95 bits per heavy atom. The standard InChI is InChI=1S/C15H19F2NO4/c1-15(2,14(20)21)18(3)13(19)5-4-8-22-12-7-6-10(16)9-11(12)17/h6-7,9H,4-5,8H2,1-3H3,(H,20,21). The van der Waals surface area contributed by atoms with Crippen LogP contribution >= 0.6 is 0 Å². The number of carboxylic acid groups (broad SMARTS) is 1. The molecule has 122 valence electrons. The molecular formula is C15H19F2NO4. The van der Waals surface area contributed by atoms with Crippen molar-refractivity contribution in [1.29, 1.82) is 0 Å². The van der Waals surface area contributed by atoms with Crippen LogP contribution in [0.1, 0.15) is 26.7 Å². The SMILES string of the molecule is CN(C(=O)CCCOc1ccc(F)cc1F)C(C)(C)C(=O)O. The van der Waals surface area contributed by atoms with Crippen molar-refractivity contribution in [2.24, 2.45) is 0 Å². The van der Waals surface area contributed by atoms with Gasteiger partial charge in [0.1, 0.15) is 11.4 Å². The van der Waals surface area contributed by atoms with E-state index in [-0.39, 0.29) is 31.1 Å². The molecule has 1 amide bonds. The molecule has 22 heavy (non-hydrogen) atoms. The van der Waals surface area contributed by atoms with Crippen LogP contribution in [0, 0.1) is 11.6 Å². The number of likely N-dealkylation sites (N-methyl/N-ethyl adjacent to an activating group) is 1. The normalized spacial score (nSPS) is 11.1. The van der Waals surface area contributed by atoms with Crippen LogP contribution in [0.4, 0.5) is 8.78 Å². The lowest BCUT2D eigenvalue weighted by molar-refractivity contribution is -0.155. The summed E-state index contributed by atoms with van der Waals surface area (Å²) >= 11 is 0. The zero-order valence-electron chi connectivity index (χ0n) is 12.7. The third kappa shape index (κ3) is 4.41. The molecule has 0 spiro atoms. The smallest absolute Gasteiger partial charge is 0.329 e. The van der Waals surface area contributed by atoms with Crippen molar-refractivity contribution in [2.45, 2.75) is 32.2 Å². The lowest BCUT2D eigenvalue weighted by atomic mass is 10.0. The van der Waals surface area contributed by atoms with E-state index in [1.165, 1.54) is 27.0 Å². The minimum atomic E-state index is -1.30. The Hall–Kier alpha value is -2.18. The Bertz CT molecular complexity index is 560. The first kappa shape index (κ1) is 17.9. The Morgan fingerprint density at radius 1 is 1.32 bits per heavy atom.